The van der Waals surface area contributed by atoms with Gasteiger partial charge in [-0.1, -0.05) is 37.3 Å². The predicted molar refractivity (Wildman–Crippen MR) is 105 cm³/mol. The summed E-state index contributed by atoms with van der Waals surface area (Å²) in [7, 11) is 0. The number of ether oxygens (including phenoxy) is 2. The zero-order valence-electron chi connectivity index (χ0n) is 16.3. The van der Waals surface area contributed by atoms with Crippen LogP contribution in [0.1, 0.15) is 37.0 Å². The highest BCUT2D eigenvalue weighted by Crippen LogP contribution is 2.22. The Bertz CT molecular complexity index is 742. The normalized spacial score (nSPS) is 13.0. The smallest absolute Gasteiger partial charge is 0.261 e. The molecule has 0 aliphatic carbocycles. The van der Waals surface area contributed by atoms with E-state index in [1.807, 2.05) is 77.1 Å². The van der Waals surface area contributed by atoms with Crippen LogP contribution in [0.15, 0.2) is 42.5 Å². The number of hydrogen-bond donors (Lipinski definition) is 1. The van der Waals surface area contributed by atoms with Crippen molar-refractivity contribution in [3.63, 3.8) is 0 Å². The van der Waals surface area contributed by atoms with Crippen LogP contribution in [0.4, 0.5) is 0 Å². The summed E-state index contributed by atoms with van der Waals surface area (Å²) in [5.41, 5.74) is 3.29. The van der Waals surface area contributed by atoms with Crippen molar-refractivity contribution < 1.29 is 14.3 Å². The second kappa shape index (κ2) is 9.27. The predicted octanol–water partition coefficient (Wildman–Crippen LogP) is 4.35. The van der Waals surface area contributed by atoms with E-state index in [-0.39, 0.29) is 11.9 Å². The third-order valence-electron chi connectivity index (χ3n) is 4.46. The summed E-state index contributed by atoms with van der Waals surface area (Å²) in [6.45, 7) is 10.3. The third kappa shape index (κ3) is 5.25. The molecular weight excluding hydrogens is 326 g/mol. The molecule has 140 valence electrons. The highest BCUT2D eigenvalue weighted by molar-refractivity contribution is 5.81. The summed E-state index contributed by atoms with van der Waals surface area (Å²) in [6.07, 6.45) is 0.0846. The number of amides is 1. The molecule has 0 bridgehead atoms. The minimum Gasteiger partial charge on any atom is -0.491 e. The van der Waals surface area contributed by atoms with Gasteiger partial charge < -0.3 is 14.8 Å². The van der Waals surface area contributed by atoms with E-state index in [0.29, 0.717) is 13.0 Å². The summed E-state index contributed by atoms with van der Waals surface area (Å²) in [6, 6.07) is 13.6. The molecule has 4 nitrogen and oxygen atoms in total. The van der Waals surface area contributed by atoms with Gasteiger partial charge >= 0.3 is 0 Å². The van der Waals surface area contributed by atoms with Crippen LogP contribution in [0.3, 0.4) is 0 Å². The van der Waals surface area contributed by atoms with Crippen molar-refractivity contribution >= 4 is 5.91 Å². The molecule has 1 N–H and O–H groups in total. The second-order valence-electron chi connectivity index (χ2n) is 6.70. The molecule has 0 radical (unpaired) electrons. The molecule has 0 saturated carbocycles. The molecule has 0 aliphatic rings. The Balaban J connectivity index is 1.91. The lowest BCUT2D eigenvalue weighted by atomic mass is 10.1. The number of rotatable bonds is 8. The molecule has 0 unspecified atom stereocenters. The maximum absolute atomic E-state index is 12.6. The first-order valence-electron chi connectivity index (χ1n) is 9.14. The van der Waals surface area contributed by atoms with E-state index in [1.54, 1.807) is 0 Å². The molecule has 4 heteroatoms. The molecule has 2 aromatic rings. The topological polar surface area (TPSA) is 47.6 Å². The SMILES string of the molecule is CC[C@H](Oc1cccc(C)c1C)C(=O)N[C@@H](C)COc1ccccc1C. The third-order valence-corrected chi connectivity index (χ3v) is 4.46. The summed E-state index contributed by atoms with van der Waals surface area (Å²) in [4.78, 5) is 12.6. The van der Waals surface area contributed by atoms with Gasteiger partial charge in [0.2, 0.25) is 0 Å². The summed E-state index contributed by atoms with van der Waals surface area (Å²) in [5.74, 6) is 1.48. The first-order chi connectivity index (χ1) is 12.4. The molecule has 26 heavy (non-hydrogen) atoms. The largest absolute Gasteiger partial charge is 0.491 e. The first kappa shape index (κ1) is 19.8. The lowest BCUT2D eigenvalue weighted by Gasteiger charge is -2.22. The minimum atomic E-state index is -0.517. The Morgan fingerprint density at radius 2 is 1.65 bits per heavy atom. The molecular formula is C22H29NO3. The van der Waals surface area contributed by atoms with E-state index >= 15 is 0 Å². The van der Waals surface area contributed by atoms with Crippen LogP contribution < -0.4 is 14.8 Å². The maximum atomic E-state index is 12.6. The standard InChI is InChI=1S/C22H29NO3/c1-6-19(26-21-13-9-11-15(2)18(21)5)22(24)23-17(4)14-25-20-12-8-7-10-16(20)3/h7-13,17,19H,6,14H2,1-5H3,(H,23,24)/t17-,19-/m0/s1. The van der Waals surface area contributed by atoms with E-state index in [2.05, 4.69) is 5.32 Å². The lowest BCUT2D eigenvalue weighted by molar-refractivity contribution is -0.129. The van der Waals surface area contributed by atoms with Crippen LogP contribution in [0.25, 0.3) is 0 Å². The Morgan fingerprint density at radius 1 is 1.00 bits per heavy atom. The lowest BCUT2D eigenvalue weighted by Crippen LogP contribution is -2.44. The molecule has 2 aromatic carbocycles. The molecule has 0 aromatic heterocycles. The average Bonchev–Trinajstić information content (AvgIpc) is 2.62. The van der Waals surface area contributed by atoms with E-state index in [1.165, 1.54) is 0 Å². The number of para-hydroxylation sites is 1. The number of carbonyl (C=O) groups excluding carboxylic acids is 1. The van der Waals surface area contributed by atoms with Crippen LogP contribution in [0.5, 0.6) is 11.5 Å². The van der Waals surface area contributed by atoms with Crippen molar-refractivity contribution in [3.8, 4) is 11.5 Å². The van der Waals surface area contributed by atoms with Crippen molar-refractivity contribution in [3.05, 3.63) is 59.2 Å². The fourth-order valence-electron chi connectivity index (χ4n) is 2.64. The number of benzene rings is 2. The summed E-state index contributed by atoms with van der Waals surface area (Å²) < 4.78 is 11.8. The summed E-state index contributed by atoms with van der Waals surface area (Å²) in [5, 5.41) is 2.99. The van der Waals surface area contributed by atoms with Gasteiger partial charge in [-0.25, -0.2) is 0 Å². The molecule has 1 amide bonds. The molecule has 0 saturated heterocycles. The van der Waals surface area contributed by atoms with Crippen LogP contribution in [0.2, 0.25) is 0 Å². The number of hydrogen-bond acceptors (Lipinski definition) is 3. The highest BCUT2D eigenvalue weighted by atomic mass is 16.5. The van der Waals surface area contributed by atoms with E-state index in [9.17, 15) is 4.79 Å². The van der Waals surface area contributed by atoms with Gasteiger partial charge in [0.05, 0.1) is 6.04 Å². The zero-order valence-corrected chi connectivity index (χ0v) is 16.3. The van der Waals surface area contributed by atoms with Crippen LogP contribution in [0, 0.1) is 20.8 Å². The quantitative estimate of drug-likeness (QED) is 0.766. The van der Waals surface area contributed by atoms with Gasteiger partial charge in [-0.2, -0.15) is 0 Å². The highest BCUT2D eigenvalue weighted by Gasteiger charge is 2.21. The van der Waals surface area contributed by atoms with Gasteiger partial charge in [0, 0.05) is 0 Å². The fraction of sp³-hybridized carbons (Fsp3) is 0.409. The number of aryl methyl sites for hydroxylation is 2. The minimum absolute atomic E-state index is 0.113. The first-order valence-corrected chi connectivity index (χ1v) is 9.14. The van der Waals surface area contributed by atoms with Crippen LogP contribution in [-0.4, -0.2) is 24.7 Å². The molecule has 0 fully saturated rings. The average molecular weight is 355 g/mol. The van der Waals surface area contributed by atoms with E-state index < -0.39 is 6.10 Å². The van der Waals surface area contributed by atoms with Crippen molar-refractivity contribution in [1.82, 2.24) is 5.32 Å². The van der Waals surface area contributed by atoms with Gasteiger partial charge in [0.1, 0.15) is 18.1 Å². The van der Waals surface area contributed by atoms with Gasteiger partial charge in [-0.3, -0.25) is 4.79 Å². The van der Waals surface area contributed by atoms with Gasteiger partial charge in [0.15, 0.2) is 6.10 Å². The molecule has 2 atom stereocenters. The Hall–Kier alpha value is -2.49. The maximum Gasteiger partial charge on any atom is 0.261 e. The van der Waals surface area contributed by atoms with Crippen molar-refractivity contribution in [2.24, 2.45) is 0 Å². The molecule has 0 heterocycles. The number of carbonyl (C=O) groups is 1. The Kier molecular flexibility index (Phi) is 7.07. The van der Waals surface area contributed by atoms with Crippen molar-refractivity contribution in [1.29, 1.82) is 0 Å². The second-order valence-corrected chi connectivity index (χ2v) is 6.70. The zero-order chi connectivity index (χ0) is 19.1. The molecule has 0 spiro atoms. The van der Waals surface area contributed by atoms with Crippen molar-refractivity contribution in [2.45, 2.75) is 53.2 Å². The van der Waals surface area contributed by atoms with Gasteiger partial charge in [0.25, 0.3) is 5.91 Å². The fourth-order valence-corrected chi connectivity index (χ4v) is 2.64. The van der Waals surface area contributed by atoms with E-state index in [0.717, 1.165) is 28.2 Å². The Morgan fingerprint density at radius 3 is 2.35 bits per heavy atom. The summed E-state index contributed by atoms with van der Waals surface area (Å²) >= 11 is 0. The van der Waals surface area contributed by atoms with Crippen LogP contribution in [-0.2, 0) is 4.79 Å². The van der Waals surface area contributed by atoms with Crippen LogP contribution >= 0.6 is 0 Å². The Labute approximate surface area is 156 Å². The monoisotopic (exact) mass is 355 g/mol. The van der Waals surface area contributed by atoms with Crippen molar-refractivity contribution in [2.75, 3.05) is 6.61 Å². The van der Waals surface area contributed by atoms with Gasteiger partial charge in [-0.15, -0.1) is 0 Å². The molecule has 0 aliphatic heterocycles. The number of nitrogens with one attached hydrogen (secondary N) is 1. The van der Waals surface area contributed by atoms with Gasteiger partial charge in [-0.05, 0) is 62.9 Å². The van der Waals surface area contributed by atoms with E-state index in [4.69, 9.17) is 9.47 Å². The molecule has 2 rings (SSSR count).